The Kier molecular flexibility index (Phi) is 6.89. The molecule has 0 radical (unpaired) electrons. The molecule has 7 nitrogen and oxygen atoms in total. The van der Waals surface area contributed by atoms with Gasteiger partial charge >= 0.3 is 0 Å². The van der Waals surface area contributed by atoms with Crippen molar-refractivity contribution in [1.82, 2.24) is 4.72 Å². The number of rotatable bonds is 8. The number of amidine groups is 1. The standard InChI is InChI=1S/C13H27N3O4S/c1-3-11-5-7-13(8-6-11,12(14)15-17)16-21(18,19)10-9-20-4-2/h11,16-17H,3-10H2,1-2H3,(H2,14,15). The van der Waals surface area contributed by atoms with Crippen LogP contribution in [0.15, 0.2) is 5.16 Å². The molecule has 1 rings (SSSR count). The van der Waals surface area contributed by atoms with Crippen LogP contribution in [0.1, 0.15) is 46.0 Å². The van der Waals surface area contributed by atoms with Crippen molar-refractivity contribution in [3.05, 3.63) is 0 Å². The highest BCUT2D eigenvalue weighted by molar-refractivity contribution is 7.89. The predicted octanol–water partition coefficient (Wildman–Crippen LogP) is 1.03. The summed E-state index contributed by atoms with van der Waals surface area (Å²) in [6.07, 6.45) is 3.88. The molecule has 1 aliphatic carbocycles. The molecule has 0 aromatic carbocycles. The van der Waals surface area contributed by atoms with Crippen molar-refractivity contribution in [2.75, 3.05) is 19.0 Å². The van der Waals surface area contributed by atoms with Crippen molar-refractivity contribution in [3.8, 4) is 0 Å². The Bertz CT molecular complexity index is 442. The normalized spacial score (nSPS) is 27.7. The highest BCUT2D eigenvalue weighted by Gasteiger charge is 2.41. The largest absolute Gasteiger partial charge is 0.409 e. The van der Waals surface area contributed by atoms with E-state index in [2.05, 4.69) is 16.8 Å². The summed E-state index contributed by atoms with van der Waals surface area (Å²) < 4.78 is 32.1. The van der Waals surface area contributed by atoms with Crippen molar-refractivity contribution >= 4 is 15.9 Å². The summed E-state index contributed by atoms with van der Waals surface area (Å²) in [6.45, 7) is 4.53. The molecule has 1 fully saturated rings. The molecule has 0 aromatic rings. The Labute approximate surface area is 127 Å². The molecule has 21 heavy (non-hydrogen) atoms. The molecule has 124 valence electrons. The van der Waals surface area contributed by atoms with Crippen molar-refractivity contribution in [3.63, 3.8) is 0 Å². The zero-order chi connectivity index (χ0) is 15.9. The minimum Gasteiger partial charge on any atom is -0.409 e. The monoisotopic (exact) mass is 321 g/mol. The summed E-state index contributed by atoms with van der Waals surface area (Å²) in [5.74, 6) is 0.382. The quantitative estimate of drug-likeness (QED) is 0.203. The average Bonchev–Trinajstić information content (AvgIpc) is 2.46. The van der Waals surface area contributed by atoms with Crippen LogP contribution in [0.2, 0.25) is 0 Å². The molecule has 0 aliphatic heterocycles. The summed E-state index contributed by atoms with van der Waals surface area (Å²) in [6, 6.07) is 0. The van der Waals surface area contributed by atoms with E-state index in [0.717, 1.165) is 19.3 Å². The molecule has 0 amide bonds. The molecular formula is C13H27N3O4S. The molecule has 4 N–H and O–H groups in total. The van der Waals surface area contributed by atoms with Crippen molar-refractivity contribution in [2.45, 2.75) is 51.5 Å². The molecule has 1 aliphatic rings. The number of hydrogen-bond acceptors (Lipinski definition) is 5. The summed E-state index contributed by atoms with van der Waals surface area (Å²) in [5, 5.41) is 12.0. The first-order chi connectivity index (χ1) is 9.89. The first-order valence-corrected chi connectivity index (χ1v) is 9.11. The fourth-order valence-corrected chi connectivity index (χ4v) is 4.09. The van der Waals surface area contributed by atoms with Crippen LogP contribution in [0.4, 0.5) is 0 Å². The van der Waals surface area contributed by atoms with Crippen LogP contribution in [0.5, 0.6) is 0 Å². The Morgan fingerprint density at radius 1 is 1.43 bits per heavy atom. The Morgan fingerprint density at radius 3 is 2.52 bits per heavy atom. The van der Waals surface area contributed by atoms with Crippen LogP contribution >= 0.6 is 0 Å². The van der Waals surface area contributed by atoms with E-state index < -0.39 is 15.6 Å². The third-order valence-electron chi connectivity index (χ3n) is 4.19. The summed E-state index contributed by atoms with van der Waals surface area (Å²) >= 11 is 0. The van der Waals surface area contributed by atoms with Crippen LogP contribution < -0.4 is 10.5 Å². The first kappa shape index (κ1) is 18.2. The van der Waals surface area contributed by atoms with Gasteiger partial charge in [-0.15, -0.1) is 0 Å². The van der Waals surface area contributed by atoms with Crippen molar-refractivity contribution < 1.29 is 18.4 Å². The molecule has 0 aromatic heterocycles. The lowest BCUT2D eigenvalue weighted by atomic mass is 9.75. The highest BCUT2D eigenvalue weighted by atomic mass is 32.2. The van der Waals surface area contributed by atoms with Gasteiger partial charge in [0.15, 0.2) is 5.84 Å². The fraction of sp³-hybridized carbons (Fsp3) is 0.923. The van der Waals surface area contributed by atoms with Crippen molar-refractivity contribution in [2.24, 2.45) is 16.8 Å². The van der Waals surface area contributed by atoms with Gasteiger partial charge in [-0.25, -0.2) is 13.1 Å². The van der Waals surface area contributed by atoms with Gasteiger partial charge in [-0.3, -0.25) is 0 Å². The number of oxime groups is 1. The van der Waals surface area contributed by atoms with E-state index in [4.69, 9.17) is 15.7 Å². The molecule has 8 heteroatoms. The van der Waals surface area contributed by atoms with Crippen LogP contribution in [0, 0.1) is 5.92 Å². The zero-order valence-electron chi connectivity index (χ0n) is 12.8. The van der Waals surface area contributed by atoms with Gasteiger partial charge in [0, 0.05) is 6.61 Å². The lowest BCUT2D eigenvalue weighted by Crippen LogP contribution is -2.59. The van der Waals surface area contributed by atoms with Gasteiger partial charge in [0.25, 0.3) is 0 Å². The maximum Gasteiger partial charge on any atom is 0.214 e. The molecular weight excluding hydrogens is 294 g/mol. The second kappa shape index (κ2) is 7.95. The fourth-order valence-electron chi connectivity index (χ4n) is 2.75. The minimum absolute atomic E-state index is 0.0583. The summed E-state index contributed by atoms with van der Waals surface area (Å²) in [5.41, 5.74) is 4.81. The Hall–Kier alpha value is -0.860. The Balaban J connectivity index is 2.80. The molecule has 0 bridgehead atoms. The molecule has 0 heterocycles. The second-order valence-electron chi connectivity index (χ2n) is 5.54. The summed E-state index contributed by atoms with van der Waals surface area (Å²) in [4.78, 5) is 0. The predicted molar refractivity (Wildman–Crippen MR) is 81.8 cm³/mol. The zero-order valence-corrected chi connectivity index (χ0v) is 13.7. The van der Waals surface area contributed by atoms with E-state index in [1.807, 2.05) is 6.92 Å². The van der Waals surface area contributed by atoms with Crippen LogP contribution in [-0.4, -0.2) is 44.0 Å². The van der Waals surface area contributed by atoms with Crippen LogP contribution in [0.3, 0.4) is 0 Å². The minimum atomic E-state index is -3.54. The molecule has 0 spiro atoms. The van der Waals surface area contributed by atoms with Gasteiger partial charge in [-0.2, -0.15) is 0 Å². The van der Waals surface area contributed by atoms with Gasteiger partial charge in [0.05, 0.1) is 17.9 Å². The van der Waals surface area contributed by atoms with Gasteiger partial charge in [0.2, 0.25) is 10.0 Å². The number of ether oxygens (including phenoxy) is 1. The SMILES string of the molecule is CCOCCS(=O)(=O)NC1(C(N)=NO)CCC(CC)CC1. The molecule has 1 saturated carbocycles. The Morgan fingerprint density at radius 2 is 2.05 bits per heavy atom. The van der Waals surface area contributed by atoms with E-state index >= 15 is 0 Å². The molecule has 0 saturated heterocycles. The van der Waals surface area contributed by atoms with Gasteiger partial charge in [0.1, 0.15) is 0 Å². The van der Waals surface area contributed by atoms with E-state index in [0.29, 0.717) is 25.4 Å². The maximum atomic E-state index is 12.2. The number of nitrogens with zero attached hydrogens (tertiary/aromatic N) is 1. The van der Waals surface area contributed by atoms with Gasteiger partial charge in [-0.05, 0) is 38.5 Å². The van der Waals surface area contributed by atoms with E-state index in [-0.39, 0.29) is 18.2 Å². The highest BCUT2D eigenvalue weighted by Crippen LogP contribution is 2.34. The lowest BCUT2D eigenvalue weighted by molar-refractivity contribution is 0.163. The number of nitrogens with one attached hydrogen (secondary N) is 1. The van der Waals surface area contributed by atoms with Gasteiger partial charge in [-0.1, -0.05) is 18.5 Å². The van der Waals surface area contributed by atoms with Gasteiger partial charge < -0.3 is 15.7 Å². The number of nitrogens with two attached hydrogens (primary N) is 1. The van der Waals surface area contributed by atoms with Crippen LogP contribution in [0.25, 0.3) is 0 Å². The van der Waals surface area contributed by atoms with Crippen molar-refractivity contribution in [1.29, 1.82) is 0 Å². The third kappa shape index (κ3) is 5.12. The second-order valence-corrected chi connectivity index (χ2v) is 7.38. The maximum absolute atomic E-state index is 12.2. The average molecular weight is 321 g/mol. The number of hydrogen-bond donors (Lipinski definition) is 3. The third-order valence-corrected chi connectivity index (χ3v) is 5.59. The number of sulfonamides is 1. The molecule has 0 atom stereocenters. The molecule has 0 unspecified atom stereocenters. The topological polar surface area (TPSA) is 114 Å². The van der Waals surface area contributed by atoms with E-state index in [9.17, 15) is 8.42 Å². The van der Waals surface area contributed by atoms with E-state index in [1.165, 1.54) is 0 Å². The summed E-state index contributed by atoms with van der Waals surface area (Å²) in [7, 11) is -3.54. The first-order valence-electron chi connectivity index (χ1n) is 7.46. The van der Waals surface area contributed by atoms with Crippen LogP contribution in [-0.2, 0) is 14.8 Å². The van der Waals surface area contributed by atoms with E-state index in [1.54, 1.807) is 0 Å². The smallest absolute Gasteiger partial charge is 0.214 e. The lowest BCUT2D eigenvalue weighted by Gasteiger charge is -2.39.